The maximum atomic E-state index is 13.4. The molecule has 3 atom stereocenters. The number of hydrogen-bond donors (Lipinski definition) is 1. The van der Waals surface area contributed by atoms with Crippen molar-refractivity contribution >= 4 is 6.09 Å². The summed E-state index contributed by atoms with van der Waals surface area (Å²) in [7, 11) is 0. The molecule has 7 heteroatoms. The van der Waals surface area contributed by atoms with Crippen LogP contribution in [-0.4, -0.2) is 40.5 Å². The second kappa shape index (κ2) is 6.62. The third-order valence-corrected chi connectivity index (χ3v) is 7.34. The lowest BCUT2D eigenvalue weighted by atomic mass is 9.51. The van der Waals surface area contributed by atoms with Gasteiger partial charge >= 0.3 is 12.3 Å². The molecule has 0 aromatic heterocycles. The zero-order valence-electron chi connectivity index (χ0n) is 18.8. The van der Waals surface area contributed by atoms with Gasteiger partial charge in [0.15, 0.2) is 5.60 Å². The van der Waals surface area contributed by atoms with Crippen LogP contribution in [0, 0.1) is 5.41 Å². The summed E-state index contributed by atoms with van der Waals surface area (Å²) in [6.45, 7) is 12.9. The van der Waals surface area contributed by atoms with E-state index in [2.05, 4.69) is 20.8 Å². The van der Waals surface area contributed by atoms with Crippen molar-refractivity contribution in [3.8, 4) is 0 Å². The molecule has 2 bridgehead atoms. The van der Waals surface area contributed by atoms with Crippen LogP contribution in [0.4, 0.5) is 18.0 Å². The van der Waals surface area contributed by atoms with Crippen LogP contribution < -0.4 is 0 Å². The molecule has 2 aliphatic rings. The molecular formula is C23H32F3NO3. The third kappa shape index (κ3) is 3.39. The Morgan fingerprint density at radius 3 is 2.30 bits per heavy atom. The van der Waals surface area contributed by atoms with E-state index in [1.807, 2.05) is 20.8 Å². The Hall–Kier alpha value is -1.76. The lowest BCUT2D eigenvalue weighted by Crippen LogP contribution is -2.65. The number of fused-ring (bicyclic) bond motifs is 4. The van der Waals surface area contributed by atoms with Crippen molar-refractivity contribution in [1.29, 1.82) is 0 Å². The molecule has 4 nitrogen and oxygen atoms in total. The van der Waals surface area contributed by atoms with Gasteiger partial charge < -0.3 is 14.7 Å². The predicted octanol–water partition coefficient (Wildman–Crippen LogP) is 5.31. The highest BCUT2D eigenvalue weighted by molar-refractivity contribution is 5.69. The van der Waals surface area contributed by atoms with E-state index in [0.29, 0.717) is 19.4 Å². The number of carbonyl (C=O) groups excluding carboxylic acids is 1. The Morgan fingerprint density at radius 1 is 1.17 bits per heavy atom. The third-order valence-electron chi connectivity index (χ3n) is 7.34. The van der Waals surface area contributed by atoms with Gasteiger partial charge in [0, 0.05) is 18.0 Å². The highest BCUT2D eigenvalue weighted by Gasteiger charge is 2.58. The number of benzene rings is 1. The van der Waals surface area contributed by atoms with Gasteiger partial charge in [-0.2, -0.15) is 13.2 Å². The number of alkyl halides is 3. The number of aliphatic hydroxyl groups is 1. The van der Waals surface area contributed by atoms with Crippen molar-refractivity contribution in [3.05, 3.63) is 34.9 Å². The molecular weight excluding hydrogens is 395 g/mol. The van der Waals surface area contributed by atoms with Crippen molar-refractivity contribution in [2.24, 2.45) is 5.41 Å². The normalized spacial score (nSPS) is 27.8. The van der Waals surface area contributed by atoms with E-state index in [9.17, 15) is 23.1 Å². The van der Waals surface area contributed by atoms with Gasteiger partial charge in [-0.15, -0.1) is 0 Å². The van der Waals surface area contributed by atoms with Crippen molar-refractivity contribution in [2.75, 3.05) is 6.54 Å². The Labute approximate surface area is 176 Å². The average molecular weight is 428 g/mol. The second-order valence-electron chi connectivity index (χ2n) is 10.6. The summed E-state index contributed by atoms with van der Waals surface area (Å²) in [4.78, 5) is 14.6. The molecule has 168 valence electrons. The first-order valence-electron chi connectivity index (χ1n) is 10.3. The van der Waals surface area contributed by atoms with Gasteiger partial charge in [0.2, 0.25) is 0 Å². The van der Waals surface area contributed by atoms with Gasteiger partial charge in [-0.1, -0.05) is 39.0 Å². The molecule has 1 aliphatic heterocycles. The van der Waals surface area contributed by atoms with Crippen LogP contribution in [-0.2, 0) is 22.2 Å². The van der Waals surface area contributed by atoms with Gasteiger partial charge in [0.1, 0.15) is 5.60 Å². The lowest BCUT2D eigenvalue weighted by Gasteiger charge is -2.60. The summed E-state index contributed by atoms with van der Waals surface area (Å²) in [6.07, 6.45) is -4.00. The fraction of sp³-hybridized carbons (Fsp3) is 0.696. The molecule has 3 rings (SSSR count). The lowest BCUT2D eigenvalue weighted by molar-refractivity contribution is -0.258. The summed E-state index contributed by atoms with van der Waals surface area (Å²) in [5, 5.41) is 10.2. The molecule has 0 saturated carbocycles. The zero-order chi connectivity index (χ0) is 22.9. The molecule has 0 spiro atoms. The fourth-order valence-corrected chi connectivity index (χ4v) is 4.91. The molecule has 0 radical (unpaired) electrons. The molecule has 30 heavy (non-hydrogen) atoms. The Morgan fingerprint density at radius 2 is 1.77 bits per heavy atom. The van der Waals surface area contributed by atoms with Crippen LogP contribution in [0.25, 0.3) is 0 Å². The smallest absolute Gasteiger partial charge is 0.421 e. The average Bonchev–Trinajstić information content (AvgIpc) is 2.55. The number of ether oxygens (including phenoxy) is 1. The topological polar surface area (TPSA) is 49.8 Å². The molecule has 2 unspecified atom stereocenters. The van der Waals surface area contributed by atoms with Gasteiger partial charge in [-0.25, -0.2) is 4.79 Å². The Bertz CT molecular complexity index is 854. The number of hydrogen-bond acceptors (Lipinski definition) is 3. The standard InChI is InChI=1S/C23H32F3NO3/c1-19(2,3)30-18(28)27-11-10-21(6)16-13-15(22(7,29)23(24,25)26)9-8-14(16)12-17(27)20(21,4)5/h8-9,13,17,29H,10-12H2,1-7H3/t17?,21-,22?/m0/s1. The summed E-state index contributed by atoms with van der Waals surface area (Å²) in [6, 6.07) is 4.41. The van der Waals surface area contributed by atoms with E-state index >= 15 is 0 Å². The monoisotopic (exact) mass is 427 g/mol. The van der Waals surface area contributed by atoms with Crippen LogP contribution in [0.2, 0.25) is 0 Å². The van der Waals surface area contributed by atoms with Crippen LogP contribution in [0.5, 0.6) is 0 Å². The van der Waals surface area contributed by atoms with Crippen LogP contribution >= 0.6 is 0 Å². The van der Waals surface area contributed by atoms with E-state index in [1.54, 1.807) is 11.0 Å². The first-order valence-corrected chi connectivity index (χ1v) is 10.3. The highest BCUT2D eigenvalue weighted by atomic mass is 19.4. The number of carbonyl (C=O) groups is 1. The summed E-state index contributed by atoms with van der Waals surface area (Å²) >= 11 is 0. The Kier molecular flexibility index (Phi) is 5.05. The molecule has 1 aliphatic carbocycles. The molecule has 1 fully saturated rings. The predicted molar refractivity (Wildman–Crippen MR) is 108 cm³/mol. The maximum Gasteiger partial charge on any atom is 0.421 e. The zero-order valence-corrected chi connectivity index (χ0v) is 18.8. The SMILES string of the molecule is CC(C)(C)OC(=O)N1CC[C@@]2(C)c3cc(C(C)(O)C(F)(F)F)ccc3CC1C2(C)C. The Balaban J connectivity index is 2.05. The first kappa shape index (κ1) is 22.9. The van der Waals surface area contributed by atoms with Crippen molar-refractivity contribution in [2.45, 2.75) is 90.1 Å². The summed E-state index contributed by atoms with van der Waals surface area (Å²) in [5.41, 5.74) is -2.77. The van der Waals surface area contributed by atoms with Crippen LogP contribution in [0.15, 0.2) is 18.2 Å². The number of amides is 1. The minimum absolute atomic E-state index is 0.132. The van der Waals surface area contributed by atoms with Crippen molar-refractivity contribution < 1.29 is 27.8 Å². The highest BCUT2D eigenvalue weighted by Crippen LogP contribution is 2.57. The molecule has 1 aromatic rings. The minimum Gasteiger partial charge on any atom is -0.444 e. The van der Waals surface area contributed by atoms with E-state index < -0.39 is 28.2 Å². The van der Waals surface area contributed by atoms with Crippen molar-refractivity contribution in [3.63, 3.8) is 0 Å². The van der Waals surface area contributed by atoms with E-state index in [0.717, 1.165) is 18.1 Å². The number of likely N-dealkylation sites (tertiary alicyclic amines) is 1. The number of halogens is 3. The van der Waals surface area contributed by atoms with Gasteiger partial charge in [-0.05, 0) is 62.6 Å². The minimum atomic E-state index is -4.77. The van der Waals surface area contributed by atoms with E-state index in [1.165, 1.54) is 12.1 Å². The van der Waals surface area contributed by atoms with Crippen molar-refractivity contribution in [1.82, 2.24) is 4.90 Å². The second-order valence-corrected chi connectivity index (χ2v) is 10.6. The summed E-state index contributed by atoms with van der Waals surface area (Å²) in [5.74, 6) is 0. The fourth-order valence-electron chi connectivity index (χ4n) is 4.91. The van der Waals surface area contributed by atoms with Gasteiger partial charge in [0.25, 0.3) is 0 Å². The van der Waals surface area contributed by atoms with Gasteiger partial charge in [0.05, 0.1) is 0 Å². The molecule has 1 saturated heterocycles. The van der Waals surface area contributed by atoms with Crippen LogP contribution in [0.1, 0.15) is 71.6 Å². The largest absolute Gasteiger partial charge is 0.444 e. The van der Waals surface area contributed by atoms with Gasteiger partial charge in [-0.3, -0.25) is 0 Å². The number of rotatable bonds is 1. The first-order chi connectivity index (χ1) is 13.4. The number of piperidine rings is 1. The molecule has 1 N–H and O–H groups in total. The molecule has 1 amide bonds. The molecule has 1 heterocycles. The maximum absolute atomic E-state index is 13.4. The quantitative estimate of drug-likeness (QED) is 0.661. The number of nitrogens with zero attached hydrogens (tertiary/aromatic N) is 1. The van der Waals surface area contributed by atoms with E-state index in [4.69, 9.17) is 4.74 Å². The van der Waals surface area contributed by atoms with Crippen LogP contribution in [0.3, 0.4) is 0 Å². The molecule has 1 aromatic carbocycles. The van der Waals surface area contributed by atoms with E-state index in [-0.39, 0.29) is 17.7 Å². The summed E-state index contributed by atoms with van der Waals surface area (Å²) < 4.78 is 45.9.